The van der Waals surface area contributed by atoms with Crippen LogP contribution < -0.4 is 10.1 Å². The highest BCUT2D eigenvalue weighted by atomic mass is 32.1. The van der Waals surface area contributed by atoms with Crippen LogP contribution in [0.5, 0.6) is 5.75 Å². The van der Waals surface area contributed by atoms with E-state index in [2.05, 4.69) is 24.9 Å². The van der Waals surface area contributed by atoms with E-state index in [9.17, 15) is 22.8 Å². The molecular formula is C26H27F3N6O3S. The van der Waals surface area contributed by atoms with Crippen molar-refractivity contribution in [2.75, 3.05) is 32.5 Å². The Morgan fingerprint density at radius 3 is 2.64 bits per heavy atom. The molecule has 1 fully saturated rings. The SMILES string of the molecule is CN(C)[C@H]1CCN(C(=O)CCC(=O)c2ccc3c(c2)nc(Nc2nc4ccc(OC(F)(F)F)cc4s2)n3C)C1. The average molecular weight is 561 g/mol. The van der Waals surface area contributed by atoms with E-state index >= 15 is 0 Å². The summed E-state index contributed by atoms with van der Waals surface area (Å²) >= 11 is 1.16. The zero-order valence-electron chi connectivity index (χ0n) is 21.6. The fraction of sp³-hybridized carbons (Fsp3) is 0.385. The first-order valence-electron chi connectivity index (χ1n) is 12.3. The summed E-state index contributed by atoms with van der Waals surface area (Å²) in [6, 6.07) is 9.52. The number of ether oxygens (including phenoxy) is 1. The number of halogens is 3. The van der Waals surface area contributed by atoms with Crippen LogP contribution in [0.15, 0.2) is 36.4 Å². The van der Waals surface area contributed by atoms with Crippen LogP contribution in [0.2, 0.25) is 0 Å². The molecule has 0 spiro atoms. The van der Waals surface area contributed by atoms with Gasteiger partial charge in [-0.3, -0.25) is 9.59 Å². The van der Waals surface area contributed by atoms with E-state index in [-0.39, 0.29) is 30.3 Å². The van der Waals surface area contributed by atoms with Crippen LogP contribution in [0.1, 0.15) is 29.6 Å². The van der Waals surface area contributed by atoms with Gasteiger partial charge in [0.15, 0.2) is 10.9 Å². The predicted octanol–water partition coefficient (Wildman–Crippen LogP) is 4.95. The second-order valence-electron chi connectivity index (χ2n) is 9.69. The van der Waals surface area contributed by atoms with Gasteiger partial charge < -0.3 is 24.4 Å². The Balaban J connectivity index is 1.26. The van der Waals surface area contributed by atoms with Crippen LogP contribution in [0.25, 0.3) is 21.3 Å². The number of aryl methyl sites for hydroxylation is 1. The van der Waals surface area contributed by atoms with Crippen LogP contribution in [0.4, 0.5) is 24.3 Å². The van der Waals surface area contributed by atoms with Crippen molar-refractivity contribution in [1.29, 1.82) is 0 Å². The summed E-state index contributed by atoms with van der Waals surface area (Å²) < 4.78 is 43.9. The molecule has 1 saturated heterocycles. The quantitative estimate of drug-likeness (QED) is 0.305. The topological polar surface area (TPSA) is 92.6 Å². The fourth-order valence-electron chi connectivity index (χ4n) is 4.65. The van der Waals surface area contributed by atoms with Gasteiger partial charge in [0.2, 0.25) is 11.9 Å². The number of rotatable bonds is 8. The number of aromatic nitrogens is 3. The molecule has 1 aliphatic heterocycles. The molecule has 1 atom stereocenters. The lowest BCUT2D eigenvalue weighted by Gasteiger charge is -2.20. The number of carbonyl (C=O) groups excluding carboxylic acids is 2. The predicted molar refractivity (Wildman–Crippen MR) is 143 cm³/mol. The van der Waals surface area contributed by atoms with Gasteiger partial charge in [0.05, 0.1) is 21.3 Å². The Morgan fingerprint density at radius 2 is 1.92 bits per heavy atom. The molecule has 3 heterocycles. The molecule has 2 aromatic carbocycles. The van der Waals surface area contributed by atoms with E-state index in [0.29, 0.717) is 51.5 Å². The monoisotopic (exact) mass is 560 g/mol. The van der Waals surface area contributed by atoms with Gasteiger partial charge in [-0.25, -0.2) is 9.97 Å². The van der Waals surface area contributed by atoms with E-state index in [0.717, 1.165) is 23.3 Å². The lowest BCUT2D eigenvalue weighted by molar-refractivity contribution is -0.274. The van der Waals surface area contributed by atoms with E-state index in [1.165, 1.54) is 18.2 Å². The van der Waals surface area contributed by atoms with Gasteiger partial charge >= 0.3 is 6.36 Å². The molecule has 0 aliphatic carbocycles. The number of anilines is 2. The van der Waals surface area contributed by atoms with Gasteiger partial charge in [-0.2, -0.15) is 0 Å². The van der Waals surface area contributed by atoms with Gasteiger partial charge in [-0.05, 0) is 50.8 Å². The molecule has 2 aromatic heterocycles. The lowest BCUT2D eigenvalue weighted by atomic mass is 10.1. The largest absolute Gasteiger partial charge is 0.573 e. The van der Waals surface area contributed by atoms with Gasteiger partial charge in [-0.1, -0.05) is 11.3 Å². The first kappa shape index (κ1) is 26.9. The number of likely N-dealkylation sites (N-methyl/N-ethyl adjacent to an activating group) is 1. The Bertz CT molecular complexity index is 1550. The second kappa shape index (κ2) is 10.5. The minimum atomic E-state index is -4.77. The Morgan fingerprint density at radius 1 is 1.13 bits per heavy atom. The maximum atomic E-state index is 12.9. The van der Waals surface area contributed by atoms with E-state index < -0.39 is 6.36 Å². The maximum Gasteiger partial charge on any atom is 0.573 e. The Kier molecular flexibility index (Phi) is 7.21. The number of benzene rings is 2. The van der Waals surface area contributed by atoms with Gasteiger partial charge in [-0.15, -0.1) is 13.2 Å². The zero-order valence-corrected chi connectivity index (χ0v) is 22.4. The fourth-order valence-corrected chi connectivity index (χ4v) is 5.54. The van der Waals surface area contributed by atoms with Crippen LogP contribution in [-0.2, 0) is 11.8 Å². The number of Topliss-reactive ketones (excluding diaryl/α,β-unsaturated/α-hetero) is 1. The van der Waals surface area contributed by atoms with Crippen molar-refractivity contribution in [3.05, 3.63) is 42.0 Å². The molecule has 1 aliphatic rings. The molecule has 1 N–H and O–H groups in total. The van der Waals surface area contributed by atoms with Crippen molar-refractivity contribution >= 4 is 55.4 Å². The number of likely N-dealkylation sites (tertiary alicyclic amines) is 1. The number of nitrogens with one attached hydrogen (secondary N) is 1. The van der Waals surface area contributed by atoms with E-state index in [1.807, 2.05) is 19.0 Å². The minimum absolute atomic E-state index is 0.00831. The first-order chi connectivity index (χ1) is 18.5. The number of thiazole rings is 1. The van der Waals surface area contributed by atoms with Gasteiger partial charge in [0, 0.05) is 50.7 Å². The third kappa shape index (κ3) is 5.98. The Labute approximate surface area is 226 Å². The summed E-state index contributed by atoms with van der Waals surface area (Å²) in [5, 5.41) is 3.55. The third-order valence-corrected chi connectivity index (χ3v) is 7.76. The molecule has 0 bridgehead atoms. The zero-order chi connectivity index (χ0) is 27.9. The number of carbonyl (C=O) groups is 2. The second-order valence-corrected chi connectivity index (χ2v) is 10.7. The molecule has 9 nitrogen and oxygen atoms in total. The molecule has 1 amide bonds. The summed E-state index contributed by atoms with van der Waals surface area (Å²) in [6.07, 6.45) is -3.55. The number of alkyl halides is 3. The van der Waals surface area contributed by atoms with E-state index in [4.69, 9.17) is 0 Å². The van der Waals surface area contributed by atoms with Crippen molar-refractivity contribution in [3.8, 4) is 5.75 Å². The highest BCUT2D eigenvalue weighted by molar-refractivity contribution is 7.22. The molecule has 0 unspecified atom stereocenters. The van der Waals surface area contributed by atoms with Crippen LogP contribution in [0.3, 0.4) is 0 Å². The number of nitrogens with zero attached hydrogens (tertiary/aromatic N) is 5. The normalized spacial score (nSPS) is 16.0. The van der Waals surface area contributed by atoms with Gasteiger partial charge in [0.25, 0.3) is 0 Å². The number of hydrogen-bond donors (Lipinski definition) is 1. The number of imidazole rings is 1. The smallest absolute Gasteiger partial charge is 0.406 e. The summed E-state index contributed by atoms with van der Waals surface area (Å²) in [5.74, 6) is 0.00735. The number of amides is 1. The maximum absolute atomic E-state index is 12.9. The van der Waals surface area contributed by atoms with E-state index in [1.54, 1.807) is 29.8 Å². The number of fused-ring (bicyclic) bond motifs is 2. The lowest BCUT2D eigenvalue weighted by Crippen LogP contribution is -2.34. The van der Waals surface area contributed by atoms with Gasteiger partial charge in [0.1, 0.15) is 5.75 Å². The van der Waals surface area contributed by atoms with Crippen LogP contribution in [-0.4, -0.2) is 75.6 Å². The molecule has 4 aromatic rings. The third-order valence-electron chi connectivity index (χ3n) is 6.83. The summed E-state index contributed by atoms with van der Waals surface area (Å²) in [4.78, 5) is 38.4. The minimum Gasteiger partial charge on any atom is -0.406 e. The first-order valence-corrected chi connectivity index (χ1v) is 13.2. The molecular weight excluding hydrogens is 533 g/mol. The van der Waals surface area contributed by atoms with Crippen molar-refractivity contribution in [2.24, 2.45) is 7.05 Å². The standard InChI is InChI=1S/C26H27F3N6O3S/c1-33(2)16-10-11-35(14-16)23(37)9-8-21(36)15-4-7-20-19(12-15)30-24(34(20)3)32-25-31-18-6-5-17(13-22(18)39-25)38-26(27,28)29/h4-7,12-13,16H,8-11,14H2,1-3H3,(H,30,31,32)/t16-/m0/s1. The number of ketones is 1. The van der Waals surface area contributed by atoms with Crippen molar-refractivity contribution in [3.63, 3.8) is 0 Å². The van der Waals surface area contributed by atoms with Crippen LogP contribution >= 0.6 is 11.3 Å². The molecule has 5 rings (SSSR count). The molecule has 13 heteroatoms. The Hall–Kier alpha value is -3.71. The highest BCUT2D eigenvalue weighted by Gasteiger charge is 2.31. The molecule has 0 radical (unpaired) electrons. The van der Waals surface area contributed by atoms with Crippen LogP contribution in [0, 0.1) is 0 Å². The summed E-state index contributed by atoms with van der Waals surface area (Å²) in [7, 11) is 5.81. The average Bonchev–Trinajstić information content (AvgIpc) is 3.59. The highest BCUT2D eigenvalue weighted by Crippen LogP contribution is 2.33. The summed E-state index contributed by atoms with van der Waals surface area (Å²) in [5.41, 5.74) is 2.36. The molecule has 39 heavy (non-hydrogen) atoms. The van der Waals surface area contributed by atoms with Crippen molar-refractivity contribution in [2.45, 2.75) is 31.7 Å². The molecule has 0 saturated carbocycles. The van der Waals surface area contributed by atoms with Crippen molar-refractivity contribution in [1.82, 2.24) is 24.3 Å². The summed E-state index contributed by atoms with van der Waals surface area (Å²) in [6.45, 7) is 1.40. The molecule has 206 valence electrons. The number of hydrogen-bond acceptors (Lipinski definition) is 8. The van der Waals surface area contributed by atoms with Crippen molar-refractivity contribution < 1.29 is 27.5 Å².